The Labute approximate surface area is 205 Å². The van der Waals surface area contributed by atoms with Crippen molar-refractivity contribution in [2.24, 2.45) is 10.7 Å². The average Bonchev–Trinajstić information content (AvgIpc) is 3.26. The van der Waals surface area contributed by atoms with Gasteiger partial charge in [0.2, 0.25) is 0 Å². The average molecular weight is 491 g/mol. The molecule has 1 fully saturated rings. The van der Waals surface area contributed by atoms with Crippen molar-refractivity contribution in [2.75, 3.05) is 39.4 Å². The van der Waals surface area contributed by atoms with E-state index in [4.69, 9.17) is 19.9 Å². The molecule has 0 aromatic carbocycles. The van der Waals surface area contributed by atoms with Crippen LogP contribution in [-0.2, 0) is 14.2 Å². The predicted molar refractivity (Wildman–Crippen MR) is 136 cm³/mol. The van der Waals surface area contributed by atoms with E-state index in [1.165, 1.54) is 12.8 Å². The van der Waals surface area contributed by atoms with Crippen LogP contribution in [0.4, 0.5) is 9.59 Å². The fourth-order valence-electron chi connectivity index (χ4n) is 2.15. The van der Waals surface area contributed by atoms with Crippen molar-refractivity contribution < 1.29 is 23.8 Å². The summed E-state index contributed by atoms with van der Waals surface area (Å²) in [5.41, 5.74) is 4.45. The maximum Gasteiger partial charge on any atom is 0.407 e. The Morgan fingerprint density at radius 2 is 1.36 bits per heavy atom. The lowest BCUT2D eigenvalue weighted by Gasteiger charge is -2.19. The van der Waals surface area contributed by atoms with Crippen LogP contribution in [0.25, 0.3) is 0 Å². The number of hydrogen-bond acceptors (Lipinski definition) is 8. The molecule has 1 rings (SSSR count). The van der Waals surface area contributed by atoms with Crippen LogP contribution >= 0.6 is 12.2 Å². The number of nitrogens with zero attached hydrogens (tertiary/aromatic N) is 1. The molecule has 0 spiro atoms. The van der Waals surface area contributed by atoms with Gasteiger partial charge in [-0.1, -0.05) is 0 Å². The summed E-state index contributed by atoms with van der Waals surface area (Å²) in [4.78, 5) is 26.0. The van der Waals surface area contributed by atoms with E-state index in [1.807, 2.05) is 41.5 Å². The molecule has 194 valence electrons. The second kappa shape index (κ2) is 20.8. The fraction of sp³-hybridized carbons (Fsp3) is 0.870. The number of unbranched alkanes of at least 4 members (excludes halogenated alkanes) is 2. The minimum Gasteiger partial charge on any atom is -0.444 e. The number of nitrogens with one attached hydrogen (secondary N) is 2. The number of nitrogens with two attached hydrogens (primary N) is 1. The van der Waals surface area contributed by atoms with E-state index in [9.17, 15) is 9.59 Å². The van der Waals surface area contributed by atoms with Gasteiger partial charge in [-0.2, -0.15) is 0 Å². The number of isothiocyanates is 1. The normalized spacial score (nSPS) is 12.7. The summed E-state index contributed by atoms with van der Waals surface area (Å²) in [5.74, 6) is 0. The van der Waals surface area contributed by atoms with Crippen LogP contribution in [0.1, 0.15) is 80.1 Å². The van der Waals surface area contributed by atoms with Gasteiger partial charge in [0.25, 0.3) is 0 Å². The van der Waals surface area contributed by atoms with Crippen LogP contribution in [0.15, 0.2) is 4.99 Å². The molecule has 2 amide bonds. The number of carbonyl (C=O) groups excluding carboxylic acids is 2. The molecule has 0 unspecified atom stereocenters. The lowest BCUT2D eigenvalue weighted by Crippen LogP contribution is -2.33. The first-order valence-corrected chi connectivity index (χ1v) is 12.1. The quantitative estimate of drug-likeness (QED) is 0.248. The van der Waals surface area contributed by atoms with Gasteiger partial charge in [-0.05, 0) is 98.8 Å². The van der Waals surface area contributed by atoms with Crippen LogP contribution in [0.5, 0.6) is 0 Å². The molecule has 33 heavy (non-hydrogen) atoms. The second-order valence-corrected chi connectivity index (χ2v) is 9.54. The highest BCUT2D eigenvalue weighted by Gasteiger charge is 2.15. The number of amides is 2. The zero-order valence-electron chi connectivity index (χ0n) is 21.5. The molecule has 0 aliphatic carbocycles. The number of alkyl carbamates (subject to hydrolysis) is 2. The summed E-state index contributed by atoms with van der Waals surface area (Å²) in [5, 5.41) is 7.62. The third-order valence-corrected chi connectivity index (χ3v) is 3.69. The van der Waals surface area contributed by atoms with Gasteiger partial charge in [-0.3, -0.25) is 0 Å². The van der Waals surface area contributed by atoms with Crippen molar-refractivity contribution in [3.8, 4) is 0 Å². The van der Waals surface area contributed by atoms with Gasteiger partial charge in [-0.25, -0.2) is 14.6 Å². The molecule has 0 radical (unpaired) electrons. The molecule has 1 saturated heterocycles. The maximum absolute atomic E-state index is 11.2. The van der Waals surface area contributed by atoms with Crippen LogP contribution in [0.3, 0.4) is 0 Å². The SMILES string of the molecule is C1CCOC1.CC(C)(C)OC(=O)NCCCCN.CC(C)(C)OC(=O)NCCCCN=C=S. The van der Waals surface area contributed by atoms with Crippen molar-refractivity contribution >= 4 is 29.6 Å². The zero-order valence-corrected chi connectivity index (χ0v) is 22.3. The monoisotopic (exact) mass is 490 g/mol. The minimum absolute atomic E-state index is 0.357. The largest absolute Gasteiger partial charge is 0.444 e. The minimum atomic E-state index is -0.439. The Morgan fingerprint density at radius 1 is 0.909 bits per heavy atom. The highest BCUT2D eigenvalue weighted by atomic mass is 32.1. The third kappa shape index (κ3) is 32.5. The van der Waals surface area contributed by atoms with Crippen molar-refractivity contribution in [3.05, 3.63) is 0 Å². The van der Waals surface area contributed by atoms with Crippen molar-refractivity contribution in [3.63, 3.8) is 0 Å². The Morgan fingerprint density at radius 3 is 1.70 bits per heavy atom. The van der Waals surface area contributed by atoms with E-state index in [0.717, 1.165) is 38.9 Å². The topological polar surface area (TPSA) is 124 Å². The lowest BCUT2D eigenvalue weighted by atomic mass is 10.2. The van der Waals surface area contributed by atoms with Crippen molar-refractivity contribution in [1.82, 2.24) is 10.6 Å². The fourth-order valence-corrected chi connectivity index (χ4v) is 2.24. The second-order valence-electron chi connectivity index (χ2n) is 9.35. The molecule has 0 bridgehead atoms. The molecule has 0 atom stereocenters. The van der Waals surface area contributed by atoms with E-state index >= 15 is 0 Å². The van der Waals surface area contributed by atoms with Gasteiger partial charge in [0.05, 0.1) is 5.16 Å². The van der Waals surface area contributed by atoms with Gasteiger partial charge in [0, 0.05) is 32.8 Å². The van der Waals surface area contributed by atoms with E-state index in [-0.39, 0.29) is 12.2 Å². The van der Waals surface area contributed by atoms with E-state index in [1.54, 1.807) is 0 Å². The first-order chi connectivity index (χ1) is 15.4. The van der Waals surface area contributed by atoms with E-state index < -0.39 is 11.2 Å². The van der Waals surface area contributed by atoms with Crippen LogP contribution in [0.2, 0.25) is 0 Å². The number of thiocarbonyl (C=S) groups is 1. The summed E-state index contributed by atoms with van der Waals surface area (Å²) in [7, 11) is 0. The number of ether oxygens (including phenoxy) is 3. The van der Waals surface area contributed by atoms with Crippen LogP contribution in [0, 0.1) is 0 Å². The molecule has 9 nitrogen and oxygen atoms in total. The molecule has 0 saturated carbocycles. The molecular weight excluding hydrogens is 444 g/mol. The van der Waals surface area contributed by atoms with E-state index in [2.05, 4.69) is 33.0 Å². The molecule has 1 aliphatic rings. The standard InChI is InChI=1S/C10H18N2O2S.C9H20N2O2.C4H8O/c1-10(2,3)14-9(13)12-7-5-4-6-11-8-15;1-9(2,3)13-8(12)11-7-5-4-6-10;1-2-4-5-3-1/h4-7H2,1-3H3,(H,12,13);4-7,10H2,1-3H3,(H,11,12);1-4H2. The van der Waals surface area contributed by atoms with Crippen molar-refractivity contribution in [2.45, 2.75) is 91.3 Å². The van der Waals surface area contributed by atoms with Crippen molar-refractivity contribution in [1.29, 1.82) is 0 Å². The lowest BCUT2D eigenvalue weighted by molar-refractivity contribution is 0.0515. The van der Waals surface area contributed by atoms with Gasteiger partial charge in [-0.15, -0.1) is 0 Å². The summed E-state index contributed by atoms with van der Waals surface area (Å²) in [6, 6.07) is 0. The van der Waals surface area contributed by atoms with E-state index in [0.29, 0.717) is 26.2 Å². The predicted octanol–water partition coefficient (Wildman–Crippen LogP) is 4.44. The van der Waals surface area contributed by atoms with Gasteiger partial charge < -0.3 is 30.6 Å². The molecule has 1 heterocycles. The van der Waals surface area contributed by atoms with Crippen LogP contribution in [-0.4, -0.2) is 67.9 Å². The highest BCUT2D eigenvalue weighted by Crippen LogP contribution is 2.07. The molecule has 10 heteroatoms. The smallest absolute Gasteiger partial charge is 0.407 e. The Balaban J connectivity index is 0. The Kier molecular flexibility index (Phi) is 21.1. The first kappa shape index (κ1) is 33.4. The summed E-state index contributed by atoms with van der Waals surface area (Å²) in [6.07, 6.45) is 5.40. The first-order valence-electron chi connectivity index (χ1n) is 11.7. The van der Waals surface area contributed by atoms with Gasteiger partial charge >= 0.3 is 12.2 Å². The number of carbonyl (C=O) groups is 2. The summed E-state index contributed by atoms with van der Waals surface area (Å²) < 4.78 is 15.0. The molecule has 4 N–H and O–H groups in total. The summed E-state index contributed by atoms with van der Waals surface area (Å²) >= 11 is 4.42. The number of hydrogen-bond donors (Lipinski definition) is 3. The molecule has 0 aromatic rings. The maximum atomic E-state index is 11.2. The van der Waals surface area contributed by atoms with Crippen LogP contribution < -0.4 is 16.4 Å². The van der Waals surface area contributed by atoms with Gasteiger partial charge in [0.15, 0.2) is 0 Å². The zero-order chi connectivity index (χ0) is 25.6. The number of aliphatic imine (C=N–C) groups is 1. The highest BCUT2D eigenvalue weighted by molar-refractivity contribution is 7.78. The Hall–Kier alpha value is -1.74. The number of rotatable bonds is 9. The molecule has 1 aliphatic heterocycles. The molecular formula is C23H46N4O5S. The molecule has 0 aromatic heterocycles. The Bertz CT molecular complexity index is 544. The van der Waals surface area contributed by atoms with Gasteiger partial charge in [0.1, 0.15) is 11.2 Å². The summed E-state index contributed by atoms with van der Waals surface area (Å²) in [6.45, 7) is 15.6. The third-order valence-electron chi connectivity index (χ3n) is 3.56.